The molecule has 3 rings (SSSR count). The van der Waals surface area contributed by atoms with Gasteiger partial charge < -0.3 is 9.88 Å². The molecule has 0 aliphatic rings. The first-order valence-corrected chi connectivity index (χ1v) is 7.19. The van der Waals surface area contributed by atoms with Gasteiger partial charge in [-0.15, -0.1) is 0 Å². The molecule has 0 saturated heterocycles. The molecule has 21 heavy (non-hydrogen) atoms. The van der Waals surface area contributed by atoms with Crippen molar-refractivity contribution in [3.8, 4) is 0 Å². The van der Waals surface area contributed by atoms with E-state index >= 15 is 0 Å². The fourth-order valence-corrected chi connectivity index (χ4v) is 2.67. The largest absolute Gasteiger partial charge is 0.331 e. The van der Waals surface area contributed by atoms with Crippen molar-refractivity contribution >= 4 is 11.0 Å². The summed E-state index contributed by atoms with van der Waals surface area (Å²) in [5, 5.41) is 3.35. The predicted octanol–water partition coefficient (Wildman–Crippen LogP) is 2.78. The van der Waals surface area contributed by atoms with Crippen LogP contribution in [0.3, 0.4) is 0 Å². The van der Waals surface area contributed by atoms with Gasteiger partial charge in [-0.1, -0.05) is 12.1 Å². The highest BCUT2D eigenvalue weighted by atomic mass is 15.1. The molecule has 1 atom stereocenters. The number of imidazole rings is 1. The van der Waals surface area contributed by atoms with Gasteiger partial charge in [-0.2, -0.15) is 0 Å². The molecule has 0 amide bonds. The van der Waals surface area contributed by atoms with E-state index in [4.69, 9.17) is 4.98 Å². The maximum atomic E-state index is 4.74. The Bertz CT molecular complexity index is 760. The van der Waals surface area contributed by atoms with E-state index in [0.29, 0.717) is 0 Å². The van der Waals surface area contributed by atoms with Crippen LogP contribution in [0.25, 0.3) is 11.0 Å². The Balaban J connectivity index is 1.94. The number of aromatic nitrogens is 3. The number of nitrogens with one attached hydrogen (secondary N) is 1. The number of hydrogen-bond acceptors (Lipinski definition) is 3. The average molecular weight is 280 g/mol. The molecule has 0 fully saturated rings. The van der Waals surface area contributed by atoms with E-state index in [1.807, 2.05) is 31.4 Å². The summed E-state index contributed by atoms with van der Waals surface area (Å²) >= 11 is 0. The summed E-state index contributed by atoms with van der Waals surface area (Å²) in [5.74, 6) is 1.07. The molecule has 0 bridgehead atoms. The van der Waals surface area contributed by atoms with E-state index in [9.17, 15) is 0 Å². The average Bonchev–Trinajstić information content (AvgIpc) is 2.81. The molecule has 1 unspecified atom stereocenters. The molecular formula is C17H20N4. The molecule has 0 saturated carbocycles. The zero-order chi connectivity index (χ0) is 14.8. The van der Waals surface area contributed by atoms with Crippen molar-refractivity contribution in [2.45, 2.75) is 19.4 Å². The van der Waals surface area contributed by atoms with Gasteiger partial charge in [0.15, 0.2) is 0 Å². The SMILES string of the molecule is CNC(Cc1nc2ccccc2n1C)c1cc(C)ccn1. The van der Waals surface area contributed by atoms with Crippen LogP contribution in [0.4, 0.5) is 0 Å². The molecule has 3 aromatic rings. The number of pyridine rings is 1. The number of rotatable bonds is 4. The minimum atomic E-state index is 0.167. The third-order valence-corrected chi connectivity index (χ3v) is 3.91. The van der Waals surface area contributed by atoms with Gasteiger partial charge in [0, 0.05) is 19.7 Å². The summed E-state index contributed by atoms with van der Waals surface area (Å²) in [5.41, 5.74) is 4.50. The van der Waals surface area contributed by atoms with Crippen LogP contribution in [0.2, 0.25) is 0 Å². The minimum absolute atomic E-state index is 0.167. The third-order valence-electron chi connectivity index (χ3n) is 3.91. The van der Waals surface area contributed by atoms with E-state index in [1.165, 1.54) is 11.1 Å². The van der Waals surface area contributed by atoms with Gasteiger partial charge in [0.05, 0.1) is 22.8 Å². The number of hydrogen-bond donors (Lipinski definition) is 1. The maximum Gasteiger partial charge on any atom is 0.111 e. The van der Waals surface area contributed by atoms with Crippen molar-refractivity contribution in [3.63, 3.8) is 0 Å². The number of aryl methyl sites for hydroxylation is 2. The smallest absolute Gasteiger partial charge is 0.111 e. The Morgan fingerprint density at radius 2 is 2.05 bits per heavy atom. The summed E-state index contributed by atoms with van der Waals surface area (Å²) in [6.07, 6.45) is 2.68. The van der Waals surface area contributed by atoms with Crippen LogP contribution in [0, 0.1) is 6.92 Å². The van der Waals surface area contributed by atoms with Crippen LogP contribution in [-0.4, -0.2) is 21.6 Å². The first-order valence-electron chi connectivity index (χ1n) is 7.19. The number of fused-ring (bicyclic) bond motifs is 1. The van der Waals surface area contributed by atoms with Crippen LogP contribution in [0.5, 0.6) is 0 Å². The van der Waals surface area contributed by atoms with Crippen LogP contribution < -0.4 is 5.32 Å². The number of likely N-dealkylation sites (N-methyl/N-ethyl adjacent to an activating group) is 1. The lowest BCUT2D eigenvalue weighted by atomic mass is 10.1. The second-order valence-corrected chi connectivity index (χ2v) is 5.38. The Hall–Kier alpha value is -2.20. The molecule has 2 heterocycles. The normalized spacial score (nSPS) is 12.7. The summed E-state index contributed by atoms with van der Waals surface area (Å²) in [6.45, 7) is 2.09. The van der Waals surface area contributed by atoms with E-state index < -0.39 is 0 Å². The highest BCUT2D eigenvalue weighted by molar-refractivity contribution is 5.75. The van der Waals surface area contributed by atoms with Crippen LogP contribution >= 0.6 is 0 Å². The van der Waals surface area contributed by atoms with Gasteiger partial charge in [0.25, 0.3) is 0 Å². The monoisotopic (exact) mass is 280 g/mol. The molecular weight excluding hydrogens is 260 g/mol. The molecule has 1 aromatic carbocycles. The van der Waals surface area contributed by atoms with Crippen molar-refractivity contribution in [3.05, 3.63) is 59.7 Å². The van der Waals surface area contributed by atoms with Gasteiger partial charge in [-0.25, -0.2) is 4.98 Å². The Morgan fingerprint density at radius 1 is 1.24 bits per heavy atom. The highest BCUT2D eigenvalue weighted by Crippen LogP contribution is 2.20. The minimum Gasteiger partial charge on any atom is -0.331 e. The van der Waals surface area contributed by atoms with Crippen molar-refractivity contribution in [1.82, 2.24) is 19.9 Å². The molecule has 1 N–H and O–H groups in total. The molecule has 0 aliphatic heterocycles. The Labute approximate surface area is 124 Å². The molecule has 0 radical (unpaired) electrons. The first-order chi connectivity index (χ1) is 10.2. The quantitative estimate of drug-likeness (QED) is 0.799. The first kappa shape index (κ1) is 13.8. The Kier molecular flexibility index (Phi) is 3.71. The van der Waals surface area contributed by atoms with Gasteiger partial charge in [-0.3, -0.25) is 4.98 Å². The second kappa shape index (κ2) is 5.66. The van der Waals surface area contributed by atoms with Crippen molar-refractivity contribution < 1.29 is 0 Å². The van der Waals surface area contributed by atoms with Gasteiger partial charge in [0.2, 0.25) is 0 Å². The molecule has 4 nitrogen and oxygen atoms in total. The van der Waals surface area contributed by atoms with Gasteiger partial charge in [-0.05, 0) is 43.8 Å². The van der Waals surface area contributed by atoms with Crippen molar-refractivity contribution in [2.24, 2.45) is 7.05 Å². The van der Waals surface area contributed by atoms with E-state index in [1.54, 1.807) is 0 Å². The second-order valence-electron chi connectivity index (χ2n) is 5.38. The number of benzene rings is 1. The van der Waals surface area contributed by atoms with Gasteiger partial charge >= 0.3 is 0 Å². The van der Waals surface area contributed by atoms with Gasteiger partial charge in [0.1, 0.15) is 5.82 Å². The lowest BCUT2D eigenvalue weighted by molar-refractivity contribution is 0.552. The standard InChI is InChI=1S/C17H20N4/c1-12-8-9-19-15(10-12)14(18-2)11-17-20-13-6-4-5-7-16(13)21(17)3/h4-10,14,18H,11H2,1-3H3. The van der Waals surface area contributed by atoms with Crippen molar-refractivity contribution in [2.75, 3.05) is 7.05 Å². The fourth-order valence-electron chi connectivity index (χ4n) is 2.67. The fraction of sp³-hybridized carbons (Fsp3) is 0.294. The number of nitrogens with zero attached hydrogens (tertiary/aromatic N) is 3. The van der Waals surface area contributed by atoms with Crippen molar-refractivity contribution in [1.29, 1.82) is 0 Å². The van der Waals surface area contributed by atoms with E-state index in [2.05, 4.69) is 47.0 Å². The third kappa shape index (κ3) is 2.67. The van der Waals surface area contributed by atoms with Crippen LogP contribution in [0.1, 0.15) is 23.1 Å². The summed E-state index contributed by atoms with van der Waals surface area (Å²) < 4.78 is 2.16. The molecule has 108 valence electrons. The molecule has 0 aliphatic carbocycles. The van der Waals surface area contributed by atoms with E-state index in [0.717, 1.165) is 23.5 Å². The Morgan fingerprint density at radius 3 is 2.76 bits per heavy atom. The van der Waals surface area contributed by atoms with Crippen LogP contribution in [0.15, 0.2) is 42.6 Å². The lowest BCUT2D eigenvalue weighted by Gasteiger charge is -2.15. The molecule has 0 spiro atoms. The highest BCUT2D eigenvalue weighted by Gasteiger charge is 2.16. The van der Waals surface area contributed by atoms with Crippen LogP contribution in [-0.2, 0) is 13.5 Å². The van der Waals surface area contributed by atoms with E-state index in [-0.39, 0.29) is 6.04 Å². The topological polar surface area (TPSA) is 42.7 Å². The summed E-state index contributed by atoms with van der Waals surface area (Å²) in [4.78, 5) is 9.23. The zero-order valence-corrected chi connectivity index (χ0v) is 12.7. The summed E-state index contributed by atoms with van der Waals surface area (Å²) in [7, 11) is 4.04. The summed E-state index contributed by atoms with van der Waals surface area (Å²) in [6, 6.07) is 12.5. The maximum absolute atomic E-state index is 4.74. The number of para-hydroxylation sites is 2. The molecule has 2 aromatic heterocycles. The lowest BCUT2D eigenvalue weighted by Crippen LogP contribution is -2.21. The molecule has 4 heteroatoms. The predicted molar refractivity (Wildman–Crippen MR) is 85.2 cm³/mol. The zero-order valence-electron chi connectivity index (χ0n) is 12.7.